The second-order valence-electron chi connectivity index (χ2n) is 3.91. The molecule has 1 amide bonds. The third kappa shape index (κ3) is 4.68. The van der Waals surface area contributed by atoms with E-state index in [2.05, 4.69) is 11.2 Å². The van der Waals surface area contributed by atoms with Gasteiger partial charge in [-0.3, -0.25) is 4.79 Å². The highest BCUT2D eigenvalue weighted by molar-refractivity contribution is 7.97. The Morgan fingerprint density at radius 2 is 2.26 bits per heavy atom. The van der Waals surface area contributed by atoms with Gasteiger partial charge >= 0.3 is 5.97 Å². The van der Waals surface area contributed by atoms with Crippen molar-refractivity contribution in [2.75, 3.05) is 6.26 Å². The van der Waals surface area contributed by atoms with E-state index in [9.17, 15) is 9.59 Å². The average Bonchev–Trinajstić information content (AvgIpc) is 2.38. The van der Waals surface area contributed by atoms with Crippen LogP contribution >= 0.6 is 11.8 Å². The number of hydrogen-bond donors (Lipinski definition) is 2. The Morgan fingerprint density at radius 1 is 1.53 bits per heavy atom. The number of benzene rings is 1. The number of aliphatic carboxylic acids is 1. The summed E-state index contributed by atoms with van der Waals surface area (Å²) in [6, 6.07) is 6.04. The van der Waals surface area contributed by atoms with Crippen LogP contribution in [0.4, 0.5) is 0 Å². The predicted molar refractivity (Wildman–Crippen MR) is 76.0 cm³/mol. The number of hydrogen-bond acceptors (Lipinski definition) is 3. The normalized spacial score (nSPS) is 11.4. The van der Waals surface area contributed by atoms with E-state index in [1.807, 2.05) is 12.3 Å². The van der Waals surface area contributed by atoms with Crippen LogP contribution in [-0.2, 0) is 10.5 Å². The second kappa shape index (κ2) is 7.49. The van der Waals surface area contributed by atoms with Gasteiger partial charge < -0.3 is 10.4 Å². The number of rotatable bonds is 6. The second-order valence-corrected chi connectivity index (χ2v) is 4.77. The van der Waals surface area contributed by atoms with Gasteiger partial charge in [0.2, 0.25) is 0 Å². The number of terminal acetylenes is 1. The molecule has 1 rings (SSSR count). The summed E-state index contributed by atoms with van der Waals surface area (Å²) in [5.41, 5.74) is 1.46. The Hall–Kier alpha value is -1.93. The van der Waals surface area contributed by atoms with Crippen LogP contribution in [0.2, 0.25) is 0 Å². The smallest absolute Gasteiger partial charge is 0.327 e. The van der Waals surface area contributed by atoms with E-state index >= 15 is 0 Å². The summed E-state index contributed by atoms with van der Waals surface area (Å²) < 4.78 is 0. The number of nitrogens with one attached hydrogen (secondary N) is 1. The molecule has 0 aromatic heterocycles. The molecule has 0 spiro atoms. The fourth-order valence-electron chi connectivity index (χ4n) is 1.53. The van der Waals surface area contributed by atoms with E-state index in [0.717, 1.165) is 11.3 Å². The predicted octanol–water partition coefficient (Wildman–Crippen LogP) is 1.76. The van der Waals surface area contributed by atoms with E-state index in [0.29, 0.717) is 5.56 Å². The maximum Gasteiger partial charge on any atom is 0.327 e. The van der Waals surface area contributed by atoms with Crippen LogP contribution in [-0.4, -0.2) is 29.3 Å². The summed E-state index contributed by atoms with van der Waals surface area (Å²) in [5.74, 6) is 1.48. The lowest BCUT2D eigenvalue weighted by Gasteiger charge is -2.12. The van der Waals surface area contributed by atoms with Gasteiger partial charge in [0.05, 0.1) is 0 Å². The molecule has 0 fully saturated rings. The summed E-state index contributed by atoms with van der Waals surface area (Å²) in [4.78, 5) is 22.9. The Morgan fingerprint density at radius 3 is 2.84 bits per heavy atom. The highest BCUT2D eigenvalue weighted by Gasteiger charge is 2.19. The van der Waals surface area contributed by atoms with E-state index in [1.165, 1.54) is 0 Å². The molecular formula is C14H15NO3S. The fraction of sp³-hybridized carbons (Fsp3) is 0.286. The maximum absolute atomic E-state index is 11.9. The van der Waals surface area contributed by atoms with Gasteiger partial charge in [0, 0.05) is 17.7 Å². The number of thioether (sulfide) groups is 1. The van der Waals surface area contributed by atoms with Gasteiger partial charge in [-0.25, -0.2) is 4.79 Å². The fourth-order valence-corrected chi connectivity index (χ4v) is 2.04. The quantitative estimate of drug-likeness (QED) is 0.778. The lowest BCUT2D eigenvalue weighted by atomic mass is 10.1. The molecule has 0 aliphatic heterocycles. The Balaban J connectivity index is 2.79. The van der Waals surface area contributed by atoms with Gasteiger partial charge in [0.25, 0.3) is 5.91 Å². The minimum atomic E-state index is -1.13. The van der Waals surface area contributed by atoms with Gasteiger partial charge in [0.15, 0.2) is 0 Å². The lowest BCUT2D eigenvalue weighted by molar-refractivity contribution is -0.139. The van der Waals surface area contributed by atoms with Crippen LogP contribution in [0.25, 0.3) is 0 Å². The largest absolute Gasteiger partial charge is 0.480 e. The Kier molecular flexibility index (Phi) is 5.97. The van der Waals surface area contributed by atoms with E-state index in [4.69, 9.17) is 11.5 Å². The molecule has 0 radical (unpaired) electrons. The van der Waals surface area contributed by atoms with Gasteiger partial charge in [-0.05, 0) is 24.0 Å². The Bertz CT molecular complexity index is 508. The molecule has 0 saturated carbocycles. The molecule has 100 valence electrons. The molecule has 2 N–H and O–H groups in total. The molecule has 5 heteroatoms. The summed E-state index contributed by atoms with van der Waals surface area (Å²) in [6.07, 6.45) is 7.01. The molecule has 1 aromatic carbocycles. The van der Waals surface area contributed by atoms with Crippen LogP contribution in [0.15, 0.2) is 24.3 Å². The van der Waals surface area contributed by atoms with Crippen LogP contribution in [0.3, 0.4) is 0 Å². The van der Waals surface area contributed by atoms with Crippen LogP contribution in [0.1, 0.15) is 22.3 Å². The molecule has 0 aliphatic rings. The van der Waals surface area contributed by atoms with Gasteiger partial charge in [-0.2, -0.15) is 11.8 Å². The lowest BCUT2D eigenvalue weighted by Crippen LogP contribution is -2.40. The van der Waals surface area contributed by atoms with Crippen molar-refractivity contribution in [3.63, 3.8) is 0 Å². The SMILES string of the molecule is C#CCC(NC(=O)c1cccc(CSC)c1)C(=O)O. The van der Waals surface area contributed by atoms with Gasteiger partial charge in [-0.1, -0.05) is 12.1 Å². The zero-order valence-corrected chi connectivity index (χ0v) is 11.4. The summed E-state index contributed by atoms with van der Waals surface area (Å²) in [6.45, 7) is 0. The first kappa shape index (κ1) is 15.1. The minimum Gasteiger partial charge on any atom is -0.480 e. The van der Waals surface area contributed by atoms with Crippen molar-refractivity contribution < 1.29 is 14.7 Å². The van der Waals surface area contributed by atoms with Crippen molar-refractivity contribution in [3.8, 4) is 12.3 Å². The number of carboxylic acids is 1. The third-order valence-electron chi connectivity index (χ3n) is 2.43. The van der Waals surface area contributed by atoms with Crippen molar-refractivity contribution in [3.05, 3.63) is 35.4 Å². The maximum atomic E-state index is 11.9. The first-order valence-electron chi connectivity index (χ1n) is 5.63. The van der Waals surface area contributed by atoms with Crippen molar-refractivity contribution in [2.24, 2.45) is 0 Å². The van der Waals surface area contributed by atoms with Crippen molar-refractivity contribution in [1.82, 2.24) is 5.32 Å². The van der Waals surface area contributed by atoms with Crippen molar-refractivity contribution in [1.29, 1.82) is 0 Å². The van der Waals surface area contributed by atoms with Gasteiger partial charge in [-0.15, -0.1) is 12.3 Å². The number of carbonyl (C=O) groups excluding carboxylic acids is 1. The summed E-state index contributed by atoms with van der Waals surface area (Å²) in [7, 11) is 0. The first-order valence-corrected chi connectivity index (χ1v) is 7.03. The Labute approximate surface area is 116 Å². The molecule has 4 nitrogen and oxygen atoms in total. The van der Waals surface area contributed by atoms with Crippen molar-refractivity contribution >= 4 is 23.6 Å². The third-order valence-corrected chi connectivity index (χ3v) is 3.05. The highest BCUT2D eigenvalue weighted by Crippen LogP contribution is 2.11. The van der Waals surface area contributed by atoms with Crippen molar-refractivity contribution in [2.45, 2.75) is 18.2 Å². The minimum absolute atomic E-state index is 0.0361. The number of amides is 1. The molecular weight excluding hydrogens is 262 g/mol. The number of carbonyl (C=O) groups is 2. The molecule has 0 saturated heterocycles. The van der Waals surface area contributed by atoms with Crippen LogP contribution < -0.4 is 5.32 Å². The van der Waals surface area contributed by atoms with Crippen LogP contribution in [0, 0.1) is 12.3 Å². The zero-order chi connectivity index (χ0) is 14.3. The van der Waals surface area contributed by atoms with Crippen LogP contribution in [0.5, 0.6) is 0 Å². The van der Waals surface area contributed by atoms with Gasteiger partial charge in [0.1, 0.15) is 6.04 Å². The molecule has 1 unspecified atom stereocenters. The zero-order valence-electron chi connectivity index (χ0n) is 10.6. The molecule has 0 bridgehead atoms. The summed E-state index contributed by atoms with van der Waals surface area (Å²) >= 11 is 1.65. The molecule has 0 aliphatic carbocycles. The summed E-state index contributed by atoms with van der Waals surface area (Å²) in [5, 5.41) is 11.3. The molecule has 1 aromatic rings. The molecule has 1 atom stereocenters. The van der Waals surface area contributed by atoms with E-state index < -0.39 is 17.9 Å². The molecule has 19 heavy (non-hydrogen) atoms. The van der Waals surface area contributed by atoms with E-state index in [-0.39, 0.29) is 6.42 Å². The monoisotopic (exact) mass is 277 g/mol. The molecule has 0 heterocycles. The standard InChI is InChI=1S/C14H15NO3S/c1-3-5-12(14(17)18)15-13(16)11-7-4-6-10(8-11)9-19-2/h1,4,6-8,12H,5,9H2,2H3,(H,15,16)(H,17,18). The van der Waals surface area contributed by atoms with E-state index in [1.54, 1.807) is 30.0 Å². The average molecular weight is 277 g/mol. The first-order chi connectivity index (χ1) is 9.08. The number of carboxylic acid groups (broad SMARTS) is 1. The highest BCUT2D eigenvalue weighted by atomic mass is 32.2. The topological polar surface area (TPSA) is 66.4 Å².